The van der Waals surface area contributed by atoms with Gasteiger partial charge in [0.25, 0.3) is 5.56 Å². The SMILES string of the molecule is O=c1c2cc(Br)ccc2ncn1C[C@@H](O)COc1ccccc1. The molecule has 1 aromatic heterocycles. The van der Waals surface area contributed by atoms with Crippen LogP contribution in [0.25, 0.3) is 10.9 Å². The van der Waals surface area contributed by atoms with Crippen molar-refractivity contribution in [1.29, 1.82) is 0 Å². The molecule has 3 aromatic rings. The molecule has 0 unspecified atom stereocenters. The minimum absolute atomic E-state index is 0.104. The van der Waals surface area contributed by atoms with E-state index < -0.39 is 6.10 Å². The molecule has 2 aromatic carbocycles. The van der Waals surface area contributed by atoms with Gasteiger partial charge in [-0.05, 0) is 30.3 Å². The summed E-state index contributed by atoms with van der Waals surface area (Å²) in [6.07, 6.45) is 0.643. The first-order chi connectivity index (χ1) is 11.1. The van der Waals surface area contributed by atoms with Gasteiger partial charge in [-0.3, -0.25) is 9.36 Å². The normalized spacial score (nSPS) is 12.3. The maximum atomic E-state index is 12.4. The number of benzene rings is 2. The number of para-hydroxylation sites is 1. The van der Waals surface area contributed by atoms with Crippen molar-refractivity contribution in [2.24, 2.45) is 0 Å². The minimum atomic E-state index is -0.806. The van der Waals surface area contributed by atoms with Crippen LogP contribution in [0.2, 0.25) is 0 Å². The second-order valence-corrected chi connectivity index (χ2v) is 6.06. The Morgan fingerprint density at radius 3 is 2.78 bits per heavy atom. The summed E-state index contributed by atoms with van der Waals surface area (Å²) >= 11 is 3.35. The Bertz CT molecular complexity index is 865. The van der Waals surface area contributed by atoms with E-state index in [1.165, 1.54) is 10.9 Å². The lowest BCUT2D eigenvalue weighted by atomic mass is 10.2. The molecule has 0 aliphatic rings. The number of aromatic nitrogens is 2. The molecule has 1 N–H and O–H groups in total. The summed E-state index contributed by atoms with van der Waals surface area (Å²) in [5.74, 6) is 0.680. The number of aliphatic hydroxyl groups is 1. The number of nitrogens with zero attached hydrogens (tertiary/aromatic N) is 2. The maximum Gasteiger partial charge on any atom is 0.261 e. The highest BCUT2D eigenvalue weighted by Gasteiger charge is 2.10. The van der Waals surface area contributed by atoms with Crippen molar-refractivity contribution in [1.82, 2.24) is 9.55 Å². The summed E-state index contributed by atoms with van der Waals surface area (Å²) in [5.41, 5.74) is 0.444. The van der Waals surface area contributed by atoms with Crippen molar-refractivity contribution in [2.75, 3.05) is 6.61 Å². The standard InChI is InChI=1S/C17H15BrN2O3/c18-12-6-7-16-15(8-12)17(22)20(11-19-16)9-13(21)10-23-14-4-2-1-3-5-14/h1-8,11,13,21H,9-10H2/t13-/m1/s1. The number of hydrogen-bond acceptors (Lipinski definition) is 4. The van der Waals surface area contributed by atoms with Crippen molar-refractivity contribution in [3.63, 3.8) is 0 Å². The molecule has 0 fully saturated rings. The lowest BCUT2D eigenvalue weighted by Crippen LogP contribution is -2.30. The van der Waals surface area contributed by atoms with Crippen molar-refractivity contribution < 1.29 is 9.84 Å². The quantitative estimate of drug-likeness (QED) is 0.745. The number of hydrogen-bond donors (Lipinski definition) is 1. The molecule has 0 aliphatic heterocycles. The van der Waals surface area contributed by atoms with E-state index >= 15 is 0 Å². The average Bonchev–Trinajstić information content (AvgIpc) is 2.57. The molecule has 0 bridgehead atoms. The molecule has 1 atom stereocenters. The molecule has 0 radical (unpaired) electrons. The van der Waals surface area contributed by atoms with E-state index in [-0.39, 0.29) is 18.7 Å². The van der Waals surface area contributed by atoms with Crippen molar-refractivity contribution >= 4 is 26.8 Å². The molecule has 5 nitrogen and oxygen atoms in total. The van der Waals surface area contributed by atoms with Crippen molar-refractivity contribution in [2.45, 2.75) is 12.6 Å². The number of halogens is 1. The van der Waals surface area contributed by atoms with Gasteiger partial charge in [0.05, 0.1) is 23.8 Å². The predicted molar refractivity (Wildman–Crippen MR) is 91.6 cm³/mol. The molecule has 1 heterocycles. The molecular weight excluding hydrogens is 360 g/mol. The van der Waals surface area contributed by atoms with Crippen LogP contribution in [0.3, 0.4) is 0 Å². The van der Waals surface area contributed by atoms with Gasteiger partial charge >= 0.3 is 0 Å². The van der Waals surface area contributed by atoms with Crippen LogP contribution in [0.15, 0.2) is 64.1 Å². The zero-order valence-electron chi connectivity index (χ0n) is 12.2. The Kier molecular flexibility index (Phi) is 4.73. The molecule has 6 heteroatoms. The largest absolute Gasteiger partial charge is 0.491 e. The number of rotatable bonds is 5. The average molecular weight is 375 g/mol. The summed E-state index contributed by atoms with van der Waals surface area (Å²) in [5, 5.41) is 10.6. The van der Waals surface area contributed by atoms with E-state index in [2.05, 4.69) is 20.9 Å². The Balaban J connectivity index is 1.73. The zero-order valence-corrected chi connectivity index (χ0v) is 13.8. The fraction of sp³-hybridized carbons (Fsp3) is 0.176. The minimum Gasteiger partial charge on any atom is -0.491 e. The summed E-state index contributed by atoms with van der Waals surface area (Å²) in [6, 6.07) is 14.6. The van der Waals surface area contributed by atoms with E-state index in [9.17, 15) is 9.90 Å². The van der Waals surface area contributed by atoms with Crippen LogP contribution < -0.4 is 10.3 Å². The van der Waals surface area contributed by atoms with E-state index in [0.29, 0.717) is 16.7 Å². The first-order valence-electron chi connectivity index (χ1n) is 7.14. The van der Waals surface area contributed by atoms with Gasteiger partial charge in [-0.2, -0.15) is 0 Å². The van der Waals surface area contributed by atoms with Crippen LogP contribution in [0, 0.1) is 0 Å². The molecule has 0 amide bonds. The van der Waals surface area contributed by atoms with Gasteiger partial charge in [0.2, 0.25) is 0 Å². The third kappa shape index (κ3) is 3.78. The summed E-state index contributed by atoms with van der Waals surface area (Å²) < 4.78 is 7.70. The molecule has 0 spiro atoms. The first kappa shape index (κ1) is 15.7. The summed E-state index contributed by atoms with van der Waals surface area (Å²) in [4.78, 5) is 16.7. The topological polar surface area (TPSA) is 64.4 Å². The van der Waals surface area contributed by atoms with E-state index in [1.807, 2.05) is 36.4 Å². The monoisotopic (exact) mass is 374 g/mol. The van der Waals surface area contributed by atoms with Gasteiger partial charge < -0.3 is 9.84 Å². The maximum absolute atomic E-state index is 12.4. The highest BCUT2D eigenvalue weighted by Crippen LogP contribution is 2.15. The molecule has 0 saturated heterocycles. The Morgan fingerprint density at radius 1 is 1.22 bits per heavy atom. The van der Waals surface area contributed by atoms with Gasteiger partial charge in [-0.1, -0.05) is 34.1 Å². The predicted octanol–water partition coefficient (Wildman–Crippen LogP) is 2.60. The van der Waals surface area contributed by atoms with Gasteiger partial charge in [0.15, 0.2) is 0 Å². The Hall–Kier alpha value is -2.18. The molecule has 0 aliphatic carbocycles. The number of aliphatic hydroxyl groups excluding tert-OH is 1. The third-order valence-corrected chi connectivity index (χ3v) is 3.87. The summed E-state index contributed by atoms with van der Waals surface area (Å²) in [7, 11) is 0. The molecule has 23 heavy (non-hydrogen) atoms. The highest BCUT2D eigenvalue weighted by atomic mass is 79.9. The first-order valence-corrected chi connectivity index (χ1v) is 7.93. The molecular formula is C17H15BrN2O3. The number of ether oxygens (including phenoxy) is 1. The molecule has 0 saturated carbocycles. The van der Waals surface area contributed by atoms with Crippen LogP contribution in [-0.2, 0) is 6.54 Å². The third-order valence-electron chi connectivity index (χ3n) is 3.38. The van der Waals surface area contributed by atoms with Gasteiger partial charge in [0.1, 0.15) is 18.5 Å². The van der Waals surface area contributed by atoms with E-state index in [0.717, 1.165) is 4.47 Å². The van der Waals surface area contributed by atoms with Crippen LogP contribution in [-0.4, -0.2) is 27.4 Å². The van der Waals surface area contributed by atoms with Crippen LogP contribution in [0.1, 0.15) is 0 Å². The number of fused-ring (bicyclic) bond motifs is 1. The van der Waals surface area contributed by atoms with Crippen LogP contribution in [0.4, 0.5) is 0 Å². The second-order valence-electron chi connectivity index (χ2n) is 5.14. The van der Waals surface area contributed by atoms with Gasteiger partial charge in [-0.25, -0.2) is 4.98 Å². The van der Waals surface area contributed by atoms with Crippen molar-refractivity contribution in [3.8, 4) is 5.75 Å². The van der Waals surface area contributed by atoms with Crippen LogP contribution in [0.5, 0.6) is 5.75 Å². The lowest BCUT2D eigenvalue weighted by Gasteiger charge is -2.14. The van der Waals surface area contributed by atoms with E-state index in [4.69, 9.17) is 4.74 Å². The molecule has 118 valence electrons. The Labute approximate surface area is 141 Å². The smallest absolute Gasteiger partial charge is 0.261 e. The van der Waals surface area contributed by atoms with Gasteiger partial charge in [0, 0.05) is 4.47 Å². The lowest BCUT2D eigenvalue weighted by molar-refractivity contribution is 0.0915. The fourth-order valence-corrected chi connectivity index (χ4v) is 2.61. The molecule has 3 rings (SSSR count). The van der Waals surface area contributed by atoms with Crippen LogP contribution >= 0.6 is 15.9 Å². The highest BCUT2D eigenvalue weighted by molar-refractivity contribution is 9.10. The fourth-order valence-electron chi connectivity index (χ4n) is 2.25. The van der Waals surface area contributed by atoms with E-state index in [1.54, 1.807) is 12.1 Å². The second kappa shape index (κ2) is 6.93. The van der Waals surface area contributed by atoms with Crippen molar-refractivity contribution in [3.05, 3.63) is 69.7 Å². The van der Waals surface area contributed by atoms with Gasteiger partial charge in [-0.15, -0.1) is 0 Å². The Morgan fingerprint density at radius 2 is 2.00 bits per heavy atom. The summed E-state index contributed by atoms with van der Waals surface area (Å²) in [6.45, 7) is 0.230. The zero-order chi connectivity index (χ0) is 16.2.